The summed E-state index contributed by atoms with van der Waals surface area (Å²) in [5.74, 6) is 0.826. The lowest BCUT2D eigenvalue weighted by Crippen LogP contribution is -2.51. The zero-order chi connectivity index (χ0) is 25.9. The van der Waals surface area contributed by atoms with Crippen LogP contribution < -0.4 is 5.32 Å². The number of aryl methyl sites for hydroxylation is 1. The van der Waals surface area contributed by atoms with Crippen LogP contribution >= 0.6 is 11.6 Å². The molecule has 1 N–H and O–H groups in total. The summed E-state index contributed by atoms with van der Waals surface area (Å²) in [5.41, 5.74) is 0.148. The molecule has 1 aromatic carbocycles. The van der Waals surface area contributed by atoms with Crippen molar-refractivity contribution in [2.75, 3.05) is 13.2 Å². The van der Waals surface area contributed by atoms with Crippen LogP contribution in [0.2, 0.25) is 5.02 Å². The number of carbonyl (C=O) groups is 2. The van der Waals surface area contributed by atoms with Gasteiger partial charge in [-0.05, 0) is 75.6 Å². The van der Waals surface area contributed by atoms with E-state index in [1.165, 1.54) is 4.80 Å². The van der Waals surface area contributed by atoms with Crippen molar-refractivity contribution < 1.29 is 18.7 Å². The smallest absolute Gasteiger partial charge is 0.247 e. The van der Waals surface area contributed by atoms with E-state index in [4.69, 9.17) is 20.8 Å². The van der Waals surface area contributed by atoms with Crippen molar-refractivity contribution in [3.8, 4) is 11.6 Å². The number of hydrogen-bond donors (Lipinski definition) is 1. The summed E-state index contributed by atoms with van der Waals surface area (Å²) < 4.78 is 11.4. The van der Waals surface area contributed by atoms with E-state index in [-0.39, 0.29) is 36.8 Å². The lowest BCUT2D eigenvalue weighted by Gasteiger charge is -2.35. The van der Waals surface area contributed by atoms with Gasteiger partial charge >= 0.3 is 0 Å². The van der Waals surface area contributed by atoms with Crippen molar-refractivity contribution in [3.05, 3.63) is 52.7 Å². The van der Waals surface area contributed by atoms with E-state index < -0.39 is 11.6 Å². The lowest BCUT2D eigenvalue weighted by atomic mass is 10.0. The minimum Gasteiger partial charge on any atom is -0.458 e. The van der Waals surface area contributed by atoms with Gasteiger partial charge in [-0.15, -0.1) is 10.2 Å². The molecule has 0 spiro atoms. The second kappa shape index (κ2) is 10.8. The fourth-order valence-electron chi connectivity index (χ4n) is 4.09. The van der Waals surface area contributed by atoms with E-state index in [9.17, 15) is 9.59 Å². The van der Waals surface area contributed by atoms with E-state index in [0.29, 0.717) is 23.0 Å². The predicted octanol–water partition coefficient (Wildman–Crippen LogP) is 3.56. The van der Waals surface area contributed by atoms with Gasteiger partial charge in [0, 0.05) is 23.7 Å². The summed E-state index contributed by atoms with van der Waals surface area (Å²) in [5, 5.41) is 15.9. The van der Waals surface area contributed by atoms with E-state index in [1.807, 2.05) is 27.7 Å². The van der Waals surface area contributed by atoms with Gasteiger partial charge in [0.2, 0.25) is 17.6 Å². The quantitative estimate of drug-likeness (QED) is 0.488. The van der Waals surface area contributed by atoms with Crippen molar-refractivity contribution in [3.63, 3.8) is 0 Å². The first-order valence-corrected chi connectivity index (χ1v) is 12.3. The standard InChI is InChI=1S/C25H31ClN6O4/c1-16-7-12-20(36-16)23-28-30-32(29-23)15-21(33)31(14-19-6-5-13-35-19)22(24(34)27-25(2,3)4)17-8-10-18(26)11-9-17/h7-12,19,22H,5-6,13-15H2,1-4H3,(H,27,34)/t19-,22+/m1/s1. The van der Waals surface area contributed by atoms with Gasteiger partial charge in [-0.1, -0.05) is 23.7 Å². The molecule has 1 aliphatic heterocycles. The van der Waals surface area contributed by atoms with Crippen molar-refractivity contribution in [1.29, 1.82) is 0 Å². The molecule has 3 aromatic rings. The maximum atomic E-state index is 13.7. The van der Waals surface area contributed by atoms with Gasteiger partial charge in [-0.2, -0.15) is 4.80 Å². The maximum Gasteiger partial charge on any atom is 0.247 e. The molecule has 0 bridgehead atoms. The number of halogens is 1. The highest BCUT2D eigenvalue weighted by Crippen LogP contribution is 2.27. The number of rotatable bonds is 8. The Hall–Kier alpha value is -3.24. The molecule has 1 aliphatic rings. The Morgan fingerprint density at radius 2 is 1.97 bits per heavy atom. The van der Waals surface area contributed by atoms with Crippen LogP contribution in [0, 0.1) is 6.92 Å². The van der Waals surface area contributed by atoms with Crippen LogP contribution in [0.5, 0.6) is 0 Å². The van der Waals surface area contributed by atoms with Crippen LogP contribution in [0.1, 0.15) is 51.0 Å². The minimum absolute atomic E-state index is 0.170. The molecule has 36 heavy (non-hydrogen) atoms. The van der Waals surface area contributed by atoms with Gasteiger partial charge in [0.1, 0.15) is 18.3 Å². The monoisotopic (exact) mass is 514 g/mol. The summed E-state index contributed by atoms with van der Waals surface area (Å²) in [6.07, 6.45) is 1.54. The SMILES string of the molecule is Cc1ccc(-c2nnn(CC(=O)N(C[C@H]3CCCO3)[C@H](C(=O)NC(C)(C)C)c3ccc(Cl)cc3)n2)o1. The number of furan rings is 1. The van der Waals surface area contributed by atoms with Crippen molar-refractivity contribution in [2.24, 2.45) is 0 Å². The number of ether oxygens (including phenoxy) is 1. The lowest BCUT2D eigenvalue weighted by molar-refractivity contribution is -0.144. The number of aromatic nitrogens is 4. The summed E-state index contributed by atoms with van der Waals surface area (Å²) in [6.45, 7) is 8.19. The highest BCUT2D eigenvalue weighted by Gasteiger charge is 2.36. The third-order valence-electron chi connectivity index (χ3n) is 5.68. The molecule has 0 unspecified atom stereocenters. The molecule has 0 aliphatic carbocycles. The molecule has 2 atom stereocenters. The Balaban J connectivity index is 1.64. The average molecular weight is 515 g/mol. The third-order valence-corrected chi connectivity index (χ3v) is 5.93. The fraction of sp³-hybridized carbons (Fsp3) is 0.480. The predicted molar refractivity (Wildman–Crippen MR) is 133 cm³/mol. The second-order valence-corrected chi connectivity index (χ2v) is 10.4. The Labute approximate surface area is 214 Å². The zero-order valence-corrected chi connectivity index (χ0v) is 21.7. The Morgan fingerprint density at radius 3 is 2.58 bits per heavy atom. The van der Waals surface area contributed by atoms with Crippen LogP contribution in [0.3, 0.4) is 0 Å². The van der Waals surface area contributed by atoms with E-state index >= 15 is 0 Å². The van der Waals surface area contributed by atoms with E-state index in [2.05, 4.69) is 20.7 Å². The molecule has 2 aromatic heterocycles. The molecule has 1 fully saturated rings. The largest absolute Gasteiger partial charge is 0.458 e. The van der Waals surface area contributed by atoms with Crippen LogP contribution in [0.4, 0.5) is 0 Å². The molecule has 0 radical (unpaired) electrons. The van der Waals surface area contributed by atoms with Gasteiger partial charge < -0.3 is 19.4 Å². The molecule has 0 saturated carbocycles. The molecule has 4 rings (SSSR count). The Bertz CT molecular complexity index is 1190. The number of benzene rings is 1. The number of tetrazole rings is 1. The molecule has 1 saturated heterocycles. The normalized spacial score (nSPS) is 16.6. The van der Waals surface area contributed by atoms with Crippen LogP contribution in [-0.4, -0.2) is 61.7 Å². The van der Waals surface area contributed by atoms with Crippen molar-refractivity contribution in [2.45, 2.75) is 64.8 Å². The number of nitrogens with one attached hydrogen (secondary N) is 1. The molecule has 11 heteroatoms. The fourth-order valence-corrected chi connectivity index (χ4v) is 4.22. The number of nitrogens with zero attached hydrogens (tertiary/aromatic N) is 5. The van der Waals surface area contributed by atoms with Crippen LogP contribution in [-0.2, 0) is 20.9 Å². The summed E-state index contributed by atoms with van der Waals surface area (Å²) >= 11 is 6.11. The first kappa shape index (κ1) is 25.8. The van der Waals surface area contributed by atoms with Gasteiger partial charge in [0.25, 0.3) is 0 Å². The Morgan fingerprint density at radius 1 is 1.22 bits per heavy atom. The van der Waals surface area contributed by atoms with Gasteiger partial charge in [-0.25, -0.2) is 0 Å². The average Bonchev–Trinajstić information content (AvgIpc) is 3.56. The molecule has 2 amide bonds. The number of hydrogen-bond acceptors (Lipinski definition) is 7. The molecular formula is C25H31ClN6O4. The van der Waals surface area contributed by atoms with Crippen LogP contribution in [0.15, 0.2) is 40.8 Å². The molecule has 192 valence electrons. The number of amides is 2. The first-order chi connectivity index (χ1) is 17.1. The molecule has 10 nitrogen and oxygen atoms in total. The van der Waals surface area contributed by atoms with Gasteiger partial charge in [0.15, 0.2) is 5.76 Å². The second-order valence-electron chi connectivity index (χ2n) is 9.93. The van der Waals surface area contributed by atoms with Crippen molar-refractivity contribution >= 4 is 23.4 Å². The summed E-state index contributed by atoms with van der Waals surface area (Å²) in [7, 11) is 0. The minimum atomic E-state index is -0.895. The van der Waals surface area contributed by atoms with E-state index in [0.717, 1.165) is 18.6 Å². The molecule has 3 heterocycles. The highest BCUT2D eigenvalue weighted by atomic mass is 35.5. The Kier molecular flexibility index (Phi) is 7.75. The topological polar surface area (TPSA) is 115 Å². The van der Waals surface area contributed by atoms with Crippen LogP contribution in [0.25, 0.3) is 11.6 Å². The summed E-state index contributed by atoms with van der Waals surface area (Å²) in [6, 6.07) is 9.59. The highest BCUT2D eigenvalue weighted by molar-refractivity contribution is 6.30. The number of carbonyl (C=O) groups excluding carboxylic acids is 2. The zero-order valence-electron chi connectivity index (χ0n) is 20.9. The van der Waals surface area contributed by atoms with Gasteiger partial charge in [0.05, 0.1) is 6.10 Å². The first-order valence-electron chi connectivity index (χ1n) is 11.9. The molecular weight excluding hydrogens is 484 g/mol. The van der Waals surface area contributed by atoms with Gasteiger partial charge in [-0.3, -0.25) is 9.59 Å². The third kappa shape index (κ3) is 6.50. The summed E-state index contributed by atoms with van der Waals surface area (Å²) in [4.78, 5) is 30.0. The van der Waals surface area contributed by atoms with Crippen molar-refractivity contribution in [1.82, 2.24) is 30.4 Å². The van der Waals surface area contributed by atoms with E-state index in [1.54, 1.807) is 41.3 Å². The maximum absolute atomic E-state index is 13.7.